The van der Waals surface area contributed by atoms with Crippen molar-refractivity contribution in [3.05, 3.63) is 64.1 Å². The number of aliphatic hydroxyl groups excluding tert-OH is 1. The van der Waals surface area contributed by atoms with E-state index in [9.17, 15) is 5.11 Å². The second-order valence-corrected chi connectivity index (χ2v) is 7.17. The van der Waals surface area contributed by atoms with Crippen molar-refractivity contribution in [2.24, 2.45) is 0 Å². The van der Waals surface area contributed by atoms with Gasteiger partial charge in [0.1, 0.15) is 11.6 Å². The van der Waals surface area contributed by atoms with E-state index >= 15 is 0 Å². The van der Waals surface area contributed by atoms with Gasteiger partial charge in [-0.15, -0.1) is 0 Å². The maximum Gasteiger partial charge on any atom is 0.141 e. The molecule has 136 valence electrons. The fraction of sp³-hybridized carbons (Fsp3) is 0.286. The molecule has 1 aromatic heterocycles. The van der Waals surface area contributed by atoms with Gasteiger partial charge in [-0.05, 0) is 64.2 Å². The summed E-state index contributed by atoms with van der Waals surface area (Å²) in [5, 5.41) is 14.3. The highest BCUT2D eigenvalue weighted by Gasteiger charge is 2.08. The number of fused-ring (bicyclic) bond motifs is 1. The zero-order valence-corrected chi connectivity index (χ0v) is 16.6. The van der Waals surface area contributed by atoms with Crippen LogP contribution in [0.2, 0.25) is 0 Å². The molecule has 0 bridgehead atoms. The molecule has 0 spiro atoms. The summed E-state index contributed by atoms with van der Waals surface area (Å²) in [4.78, 5) is 4.75. The molecule has 0 fully saturated rings. The lowest BCUT2D eigenvalue weighted by atomic mass is 10.0. The predicted octanol–water partition coefficient (Wildman–Crippen LogP) is 4.93. The lowest BCUT2D eigenvalue weighted by Crippen LogP contribution is -2.08. The average Bonchev–Trinajstić information content (AvgIpc) is 2.67. The first-order valence-electron chi connectivity index (χ1n) is 8.73. The van der Waals surface area contributed by atoms with Crippen LogP contribution in [0.15, 0.2) is 53.0 Å². The highest BCUT2D eigenvalue weighted by molar-refractivity contribution is 9.10. The Kier molecular flexibility index (Phi) is 6.12. The van der Waals surface area contributed by atoms with Gasteiger partial charge in [0.15, 0.2) is 0 Å². The molecule has 3 aromatic rings. The Labute approximate surface area is 162 Å². The number of aromatic nitrogens is 1. The smallest absolute Gasteiger partial charge is 0.141 e. The highest BCUT2D eigenvalue weighted by atomic mass is 79.9. The van der Waals surface area contributed by atoms with E-state index in [0.29, 0.717) is 13.0 Å². The van der Waals surface area contributed by atoms with Crippen LogP contribution >= 0.6 is 15.9 Å². The third-order valence-corrected chi connectivity index (χ3v) is 5.00. The number of aliphatic hydroxyl groups is 1. The van der Waals surface area contributed by atoms with Crippen molar-refractivity contribution >= 4 is 32.7 Å². The van der Waals surface area contributed by atoms with Crippen molar-refractivity contribution in [3.8, 4) is 5.75 Å². The Hall–Kier alpha value is -2.11. The molecule has 3 rings (SSSR count). The van der Waals surface area contributed by atoms with E-state index in [2.05, 4.69) is 45.5 Å². The molecule has 2 N–H and O–H groups in total. The molecule has 2 aromatic carbocycles. The number of halogens is 1. The van der Waals surface area contributed by atoms with Crippen LogP contribution in [-0.2, 0) is 13.0 Å². The van der Waals surface area contributed by atoms with Gasteiger partial charge in [0.25, 0.3) is 0 Å². The first-order chi connectivity index (χ1) is 12.6. The predicted molar refractivity (Wildman–Crippen MR) is 110 cm³/mol. The van der Waals surface area contributed by atoms with Gasteiger partial charge in [-0.25, -0.2) is 4.98 Å². The van der Waals surface area contributed by atoms with Crippen LogP contribution in [0.5, 0.6) is 5.75 Å². The number of pyridine rings is 1. The SMILES string of the molecule is CCC(O)Cc1ccc2cc(Br)c(NCc3ccc(OC)cc3)nc2c1. The first kappa shape index (κ1) is 18.7. The monoisotopic (exact) mass is 414 g/mol. The third-order valence-electron chi connectivity index (χ3n) is 4.40. The third kappa shape index (κ3) is 4.54. The van der Waals surface area contributed by atoms with Gasteiger partial charge in [-0.2, -0.15) is 0 Å². The number of methoxy groups -OCH3 is 1. The lowest BCUT2D eigenvalue weighted by molar-refractivity contribution is 0.171. The number of hydrogen-bond donors (Lipinski definition) is 2. The molecule has 0 aliphatic carbocycles. The summed E-state index contributed by atoms with van der Waals surface area (Å²) < 4.78 is 6.12. The molecule has 0 saturated carbocycles. The molecule has 0 radical (unpaired) electrons. The maximum atomic E-state index is 9.88. The maximum absolute atomic E-state index is 9.88. The van der Waals surface area contributed by atoms with Gasteiger partial charge in [0.05, 0.1) is 23.2 Å². The highest BCUT2D eigenvalue weighted by Crippen LogP contribution is 2.27. The molecule has 1 heterocycles. The standard InChI is InChI=1S/C21H23BrN2O2/c1-3-17(25)10-15-4-7-16-12-19(22)21(24-20(16)11-15)23-13-14-5-8-18(26-2)9-6-14/h4-9,11-12,17,25H,3,10,13H2,1-2H3,(H,23,24). The van der Waals surface area contributed by atoms with E-state index in [0.717, 1.165) is 44.5 Å². The van der Waals surface area contributed by atoms with E-state index in [-0.39, 0.29) is 6.10 Å². The molecule has 5 heteroatoms. The number of nitrogens with zero attached hydrogens (tertiary/aromatic N) is 1. The van der Waals surface area contributed by atoms with Crippen molar-refractivity contribution in [1.29, 1.82) is 0 Å². The second kappa shape index (κ2) is 8.52. The molecule has 0 amide bonds. The van der Waals surface area contributed by atoms with Crippen molar-refractivity contribution in [1.82, 2.24) is 4.98 Å². The quantitative estimate of drug-likeness (QED) is 0.575. The van der Waals surface area contributed by atoms with Gasteiger partial charge in [-0.1, -0.05) is 31.2 Å². The second-order valence-electron chi connectivity index (χ2n) is 6.31. The average molecular weight is 415 g/mol. The Morgan fingerprint density at radius 1 is 1.12 bits per heavy atom. The number of benzene rings is 2. The normalized spacial score (nSPS) is 12.2. The van der Waals surface area contributed by atoms with Crippen molar-refractivity contribution in [3.63, 3.8) is 0 Å². The van der Waals surface area contributed by atoms with Crippen LogP contribution in [0.4, 0.5) is 5.82 Å². The van der Waals surface area contributed by atoms with Crippen LogP contribution in [0.3, 0.4) is 0 Å². The van der Waals surface area contributed by atoms with E-state index < -0.39 is 0 Å². The minimum absolute atomic E-state index is 0.310. The number of anilines is 1. The molecule has 0 saturated heterocycles. The molecule has 0 aliphatic heterocycles. The van der Waals surface area contributed by atoms with Gasteiger partial charge >= 0.3 is 0 Å². The number of hydrogen-bond acceptors (Lipinski definition) is 4. The van der Waals surface area contributed by atoms with Gasteiger partial charge in [0, 0.05) is 11.9 Å². The first-order valence-corrected chi connectivity index (χ1v) is 9.52. The Bertz CT molecular complexity index is 881. The van der Waals surface area contributed by atoms with Gasteiger partial charge in [0.2, 0.25) is 0 Å². The summed E-state index contributed by atoms with van der Waals surface area (Å²) in [6, 6.07) is 16.2. The molecular weight excluding hydrogens is 392 g/mol. The topological polar surface area (TPSA) is 54.4 Å². The largest absolute Gasteiger partial charge is 0.497 e. The molecular formula is C21H23BrN2O2. The van der Waals surface area contributed by atoms with Crippen LogP contribution < -0.4 is 10.1 Å². The van der Waals surface area contributed by atoms with Gasteiger partial charge < -0.3 is 15.2 Å². The summed E-state index contributed by atoms with van der Waals surface area (Å²) in [7, 11) is 1.66. The summed E-state index contributed by atoms with van der Waals surface area (Å²) in [5.74, 6) is 1.65. The number of rotatable bonds is 7. The van der Waals surface area contributed by atoms with E-state index in [4.69, 9.17) is 9.72 Å². The molecule has 0 aliphatic rings. The van der Waals surface area contributed by atoms with E-state index in [1.54, 1.807) is 7.11 Å². The Balaban J connectivity index is 1.79. The van der Waals surface area contributed by atoms with Crippen molar-refractivity contribution < 1.29 is 9.84 Å². The summed E-state index contributed by atoms with van der Waals surface area (Å²) in [6.07, 6.45) is 1.09. The number of nitrogens with one attached hydrogen (secondary N) is 1. The van der Waals surface area contributed by atoms with Crippen LogP contribution in [0.25, 0.3) is 10.9 Å². The minimum atomic E-state index is -0.310. The Morgan fingerprint density at radius 2 is 1.85 bits per heavy atom. The zero-order chi connectivity index (χ0) is 18.5. The molecule has 4 nitrogen and oxygen atoms in total. The van der Waals surface area contributed by atoms with Crippen molar-refractivity contribution in [2.75, 3.05) is 12.4 Å². The molecule has 26 heavy (non-hydrogen) atoms. The minimum Gasteiger partial charge on any atom is -0.497 e. The van der Waals surface area contributed by atoms with Crippen LogP contribution in [0.1, 0.15) is 24.5 Å². The summed E-state index contributed by atoms with van der Waals surface area (Å²) >= 11 is 3.60. The molecule has 1 unspecified atom stereocenters. The van der Waals surface area contributed by atoms with Crippen LogP contribution in [-0.4, -0.2) is 23.3 Å². The van der Waals surface area contributed by atoms with Crippen molar-refractivity contribution in [2.45, 2.75) is 32.4 Å². The van der Waals surface area contributed by atoms with E-state index in [1.165, 1.54) is 0 Å². The van der Waals surface area contributed by atoms with Crippen LogP contribution in [0, 0.1) is 0 Å². The zero-order valence-electron chi connectivity index (χ0n) is 15.0. The molecule has 1 atom stereocenters. The summed E-state index contributed by atoms with van der Waals surface area (Å²) in [6.45, 7) is 2.66. The van der Waals surface area contributed by atoms with Gasteiger partial charge in [-0.3, -0.25) is 0 Å². The lowest BCUT2D eigenvalue weighted by Gasteiger charge is -2.12. The Morgan fingerprint density at radius 3 is 2.54 bits per heavy atom. The fourth-order valence-corrected chi connectivity index (χ4v) is 3.26. The number of ether oxygens (including phenoxy) is 1. The fourth-order valence-electron chi connectivity index (χ4n) is 2.78. The van der Waals surface area contributed by atoms with E-state index in [1.807, 2.05) is 31.2 Å². The summed E-state index contributed by atoms with van der Waals surface area (Å²) in [5.41, 5.74) is 3.17.